The summed E-state index contributed by atoms with van der Waals surface area (Å²) in [5.74, 6) is 0.371. The normalized spacial score (nSPS) is 11.7. The van der Waals surface area contributed by atoms with E-state index in [1.54, 1.807) is 13.2 Å². The molecule has 0 aliphatic rings. The number of ether oxygens (including phenoxy) is 1. The molecule has 0 spiro atoms. The van der Waals surface area contributed by atoms with Gasteiger partial charge in [-0.15, -0.1) is 12.4 Å². The van der Waals surface area contributed by atoms with Gasteiger partial charge in [0.1, 0.15) is 11.6 Å². The van der Waals surface area contributed by atoms with Crippen LogP contribution >= 0.6 is 12.4 Å². The van der Waals surface area contributed by atoms with Gasteiger partial charge >= 0.3 is 0 Å². The van der Waals surface area contributed by atoms with Crippen LogP contribution in [0.4, 0.5) is 4.39 Å². The molecule has 0 saturated heterocycles. The van der Waals surface area contributed by atoms with E-state index in [1.807, 2.05) is 6.92 Å². The minimum atomic E-state index is -0.278. The SMILES string of the molecule is CCC(N)c1cc(F)ccc1OC.Cl. The molecule has 1 atom stereocenters. The van der Waals surface area contributed by atoms with E-state index in [0.29, 0.717) is 5.75 Å². The number of nitrogens with two attached hydrogens (primary N) is 1. The minimum Gasteiger partial charge on any atom is -0.496 e. The zero-order chi connectivity index (χ0) is 9.84. The zero-order valence-corrected chi connectivity index (χ0v) is 9.10. The first-order valence-electron chi connectivity index (χ1n) is 4.28. The summed E-state index contributed by atoms with van der Waals surface area (Å²) in [7, 11) is 1.55. The Morgan fingerprint density at radius 3 is 2.64 bits per heavy atom. The molecule has 4 heteroatoms. The average molecular weight is 220 g/mol. The molecule has 1 aromatic rings. The Morgan fingerprint density at radius 1 is 1.50 bits per heavy atom. The van der Waals surface area contributed by atoms with Gasteiger partial charge in [0.05, 0.1) is 7.11 Å². The van der Waals surface area contributed by atoms with E-state index in [1.165, 1.54) is 12.1 Å². The van der Waals surface area contributed by atoms with Gasteiger partial charge in [-0.25, -0.2) is 4.39 Å². The molecule has 80 valence electrons. The fourth-order valence-corrected chi connectivity index (χ4v) is 1.21. The predicted molar refractivity (Wildman–Crippen MR) is 57.4 cm³/mol. The van der Waals surface area contributed by atoms with E-state index in [4.69, 9.17) is 10.5 Å². The van der Waals surface area contributed by atoms with Crippen LogP contribution in [0.25, 0.3) is 0 Å². The molecule has 1 aromatic carbocycles. The molecule has 0 aliphatic heterocycles. The molecule has 14 heavy (non-hydrogen) atoms. The molecule has 1 rings (SSSR count). The van der Waals surface area contributed by atoms with E-state index < -0.39 is 0 Å². The lowest BCUT2D eigenvalue weighted by Crippen LogP contribution is -2.10. The van der Waals surface area contributed by atoms with Gasteiger partial charge in [0.2, 0.25) is 0 Å². The van der Waals surface area contributed by atoms with E-state index in [9.17, 15) is 4.39 Å². The molecule has 2 N–H and O–H groups in total. The third-order valence-corrected chi connectivity index (χ3v) is 2.03. The van der Waals surface area contributed by atoms with Crippen LogP contribution < -0.4 is 10.5 Å². The van der Waals surface area contributed by atoms with Crippen molar-refractivity contribution in [2.75, 3.05) is 7.11 Å². The molecule has 2 nitrogen and oxygen atoms in total. The fraction of sp³-hybridized carbons (Fsp3) is 0.400. The molecule has 0 aromatic heterocycles. The number of hydrogen-bond donors (Lipinski definition) is 1. The van der Waals surface area contributed by atoms with Crippen LogP contribution in [-0.2, 0) is 0 Å². The molecular formula is C10H15ClFNO. The van der Waals surface area contributed by atoms with Gasteiger partial charge in [0.25, 0.3) is 0 Å². The van der Waals surface area contributed by atoms with Crippen LogP contribution in [0.15, 0.2) is 18.2 Å². The standard InChI is InChI=1S/C10H14FNO.ClH/c1-3-9(12)8-6-7(11)4-5-10(8)13-2;/h4-6,9H,3,12H2,1-2H3;1H. The van der Waals surface area contributed by atoms with Crippen LogP contribution in [0.1, 0.15) is 24.9 Å². The maximum absolute atomic E-state index is 12.9. The monoisotopic (exact) mass is 219 g/mol. The highest BCUT2D eigenvalue weighted by molar-refractivity contribution is 5.85. The Morgan fingerprint density at radius 2 is 2.14 bits per heavy atom. The van der Waals surface area contributed by atoms with Crippen LogP contribution in [0.2, 0.25) is 0 Å². The van der Waals surface area contributed by atoms with E-state index in [2.05, 4.69) is 0 Å². The minimum absolute atomic E-state index is 0. The summed E-state index contributed by atoms with van der Waals surface area (Å²) in [5, 5.41) is 0. The highest BCUT2D eigenvalue weighted by Gasteiger charge is 2.10. The third kappa shape index (κ3) is 2.86. The van der Waals surface area contributed by atoms with Gasteiger partial charge in [-0.05, 0) is 24.6 Å². The lowest BCUT2D eigenvalue weighted by molar-refractivity contribution is 0.403. The van der Waals surface area contributed by atoms with Crippen molar-refractivity contribution in [1.29, 1.82) is 0 Å². The van der Waals surface area contributed by atoms with Gasteiger partial charge in [-0.1, -0.05) is 6.92 Å². The summed E-state index contributed by atoms with van der Waals surface area (Å²) >= 11 is 0. The average Bonchev–Trinajstić information content (AvgIpc) is 2.16. The van der Waals surface area contributed by atoms with Crippen molar-refractivity contribution in [3.8, 4) is 5.75 Å². The number of methoxy groups -OCH3 is 1. The Labute approximate surface area is 89.7 Å². The van der Waals surface area contributed by atoms with Gasteiger partial charge in [-0.3, -0.25) is 0 Å². The van der Waals surface area contributed by atoms with Crippen molar-refractivity contribution < 1.29 is 9.13 Å². The molecule has 0 fully saturated rings. The van der Waals surface area contributed by atoms with Gasteiger partial charge in [0.15, 0.2) is 0 Å². The highest BCUT2D eigenvalue weighted by Crippen LogP contribution is 2.25. The Hall–Kier alpha value is -0.800. The number of halogens is 2. The van der Waals surface area contributed by atoms with Crippen molar-refractivity contribution in [3.05, 3.63) is 29.6 Å². The molecule has 0 saturated carbocycles. The summed E-state index contributed by atoms with van der Waals surface area (Å²) in [6.07, 6.45) is 0.764. The molecular weight excluding hydrogens is 205 g/mol. The van der Waals surface area contributed by atoms with Crippen molar-refractivity contribution in [2.45, 2.75) is 19.4 Å². The quantitative estimate of drug-likeness (QED) is 0.849. The maximum Gasteiger partial charge on any atom is 0.123 e. The predicted octanol–water partition coefficient (Wildman–Crippen LogP) is 2.67. The Kier molecular flexibility index (Phi) is 5.50. The van der Waals surface area contributed by atoms with E-state index in [-0.39, 0.29) is 24.3 Å². The molecule has 0 aliphatic carbocycles. The largest absolute Gasteiger partial charge is 0.496 e. The molecule has 0 amide bonds. The zero-order valence-electron chi connectivity index (χ0n) is 8.29. The second kappa shape index (κ2) is 5.83. The molecule has 0 heterocycles. The topological polar surface area (TPSA) is 35.2 Å². The van der Waals surface area contributed by atoms with Gasteiger partial charge in [-0.2, -0.15) is 0 Å². The first-order chi connectivity index (χ1) is 6.19. The van der Waals surface area contributed by atoms with Crippen molar-refractivity contribution in [3.63, 3.8) is 0 Å². The highest BCUT2D eigenvalue weighted by atomic mass is 35.5. The summed E-state index contributed by atoms with van der Waals surface area (Å²) in [6, 6.07) is 4.23. The van der Waals surface area contributed by atoms with Crippen molar-refractivity contribution in [1.82, 2.24) is 0 Å². The molecule has 0 radical (unpaired) electrons. The maximum atomic E-state index is 12.9. The fourth-order valence-electron chi connectivity index (χ4n) is 1.21. The van der Waals surface area contributed by atoms with E-state index >= 15 is 0 Å². The summed E-state index contributed by atoms with van der Waals surface area (Å²) in [4.78, 5) is 0. The van der Waals surface area contributed by atoms with E-state index in [0.717, 1.165) is 12.0 Å². The first-order valence-corrected chi connectivity index (χ1v) is 4.28. The number of hydrogen-bond acceptors (Lipinski definition) is 2. The third-order valence-electron chi connectivity index (χ3n) is 2.03. The van der Waals surface area contributed by atoms with Crippen molar-refractivity contribution in [2.24, 2.45) is 5.73 Å². The number of rotatable bonds is 3. The second-order valence-electron chi connectivity index (χ2n) is 2.90. The Bertz CT molecular complexity index is 293. The van der Waals surface area contributed by atoms with Crippen LogP contribution in [0.5, 0.6) is 5.75 Å². The van der Waals surface area contributed by atoms with Gasteiger partial charge in [0, 0.05) is 11.6 Å². The first kappa shape index (κ1) is 13.2. The lowest BCUT2D eigenvalue weighted by Gasteiger charge is -2.13. The number of benzene rings is 1. The summed E-state index contributed by atoms with van der Waals surface area (Å²) in [6.45, 7) is 1.95. The molecule has 0 bridgehead atoms. The lowest BCUT2D eigenvalue weighted by atomic mass is 10.0. The second-order valence-corrected chi connectivity index (χ2v) is 2.90. The smallest absolute Gasteiger partial charge is 0.123 e. The molecule has 1 unspecified atom stereocenters. The van der Waals surface area contributed by atoms with Crippen LogP contribution in [-0.4, -0.2) is 7.11 Å². The van der Waals surface area contributed by atoms with Crippen LogP contribution in [0, 0.1) is 5.82 Å². The van der Waals surface area contributed by atoms with Crippen LogP contribution in [0.3, 0.4) is 0 Å². The Balaban J connectivity index is 0.00000169. The van der Waals surface area contributed by atoms with Gasteiger partial charge < -0.3 is 10.5 Å². The summed E-state index contributed by atoms with van der Waals surface area (Å²) in [5.41, 5.74) is 6.52. The van der Waals surface area contributed by atoms with Crippen molar-refractivity contribution >= 4 is 12.4 Å². The summed E-state index contributed by atoms with van der Waals surface area (Å²) < 4.78 is 17.9.